The summed E-state index contributed by atoms with van der Waals surface area (Å²) in [4.78, 5) is 12.0. The van der Waals surface area contributed by atoms with Crippen LogP contribution in [0.5, 0.6) is 0 Å². The summed E-state index contributed by atoms with van der Waals surface area (Å²) >= 11 is 0. The van der Waals surface area contributed by atoms with Gasteiger partial charge in [0.05, 0.1) is 35.1 Å². The van der Waals surface area contributed by atoms with Crippen molar-refractivity contribution in [1.29, 1.82) is 0 Å². The van der Waals surface area contributed by atoms with Crippen LogP contribution in [-0.2, 0) is 12.2 Å². The van der Waals surface area contributed by atoms with Gasteiger partial charge in [0, 0.05) is 17.3 Å². The zero-order chi connectivity index (χ0) is 16.9. The zero-order valence-corrected chi connectivity index (χ0v) is 13.5. The molecule has 0 aliphatic carbocycles. The first-order valence-electron chi connectivity index (χ1n) is 7.75. The number of benzene rings is 1. The van der Waals surface area contributed by atoms with E-state index < -0.39 is 5.60 Å². The van der Waals surface area contributed by atoms with Gasteiger partial charge in [-0.05, 0) is 19.4 Å². The summed E-state index contributed by atoms with van der Waals surface area (Å²) < 4.78 is 1.93. The van der Waals surface area contributed by atoms with Crippen LogP contribution < -0.4 is 0 Å². The predicted octanol–water partition coefficient (Wildman–Crippen LogP) is 2.60. The van der Waals surface area contributed by atoms with Crippen molar-refractivity contribution in [3.05, 3.63) is 54.1 Å². The lowest BCUT2D eigenvalue weighted by atomic mass is 9.97. The highest BCUT2D eigenvalue weighted by molar-refractivity contribution is 5.85. The molecule has 4 aromatic rings. The number of hydrogen-bond acceptors (Lipinski definition) is 4. The van der Waals surface area contributed by atoms with E-state index in [0.717, 1.165) is 33.4 Å². The van der Waals surface area contributed by atoms with E-state index in [1.165, 1.54) is 0 Å². The van der Waals surface area contributed by atoms with E-state index in [9.17, 15) is 10.2 Å². The Balaban J connectivity index is 1.89. The van der Waals surface area contributed by atoms with Crippen LogP contribution in [0.25, 0.3) is 27.9 Å². The van der Waals surface area contributed by atoms with Crippen LogP contribution in [0.3, 0.4) is 0 Å². The van der Waals surface area contributed by atoms with Gasteiger partial charge in [0.25, 0.3) is 0 Å². The van der Waals surface area contributed by atoms with Gasteiger partial charge in [-0.2, -0.15) is 0 Å². The molecule has 1 aromatic carbocycles. The molecule has 0 spiro atoms. The molecule has 0 bridgehead atoms. The minimum absolute atomic E-state index is 0.0609. The van der Waals surface area contributed by atoms with Crippen LogP contribution in [0.1, 0.15) is 25.0 Å². The maximum Gasteiger partial charge on any atom is 0.154 e. The molecule has 0 saturated carbocycles. The largest absolute Gasteiger partial charge is 0.392 e. The number of aromatic amines is 1. The number of H-pyrrole nitrogens is 1. The highest BCUT2D eigenvalue weighted by Crippen LogP contribution is 2.28. The Morgan fingerprint density at radius 1 is 1.17 bits per heavy atom. The van der Waals surface area contributed by atoms with Gasteiger partial charge in [0.2, 0.25) is 0 Å². The van der Waals surface area contributed by atoms with Crippen LogP contribution >= 0.6 is 0 Å². The first-order valence-corrected chi connectivity index (χ1v) is 7.75. The van der Waals surface area contributed by atoms with Crippen molar-refractivity contribution in [3.63, 3.8) is 0 Å². The van der Waals surface area contributed by atoms with Crippen LogP contribution in [0.2, 0.25) is 0 Å². The molecule has 0 unspecified atom stereocenters. The molecule has 6 heteroatoms. The Bertz CT molecular complexity index is 1020. The number of nitrogens with zero attached hydrogens (tertiary/aromatic N) is 3. The van der Waals surface area contributed by atoms with Crippen LogP contribution in [0.4, 0.5) is 0 Å². The molecule has 0 amide bonds. The SMILES string of the molecule is CC(C)(O)c1ccc(-c2ncn3c2cnc2[nH]cc(CO)c23)cc1. The van der Waals surface area contributed by atoms with Gasteiger partial charge in [-0.15, -0.1) is 0 Å². The average Bonchev–Trinajstić information content (AvgIpc) is 3.17. The molecule has 3 N–H and O–H groups in total. The normalized spacial score (nSPS) is 12.3. The lowest BCUT2D eigenvalue weighted by Gasteiger charge is -2.17. The average molecular weight is 322 g/mol. The number of aromatic nitrogens is 4. The topological polar surface area (TPSA) is 86.4 Å². The van der Waals surface area contributed by atoms with Crippen LogP contribution in [0.15, 0.2) is 43.0 Å². The zero-order valence-electron chi connectivity index (χ0n) is 13.5. The van der Waals surface area contributed by atoms with Crippen LogP contribution in [-0.4, -0.2) is 29.6 Å². The predicted molar refractivity (Wildman–Crippen MR) is 91.4 cm³/mol. The minimum atomic E-state index is -0.871. The summed E-state index contributed by atoms with van der Waals surface area (Å²) in [7, 11) is 0. The van der Waals surface area contributed by atoms with E-state index in [1.807, 2.05) is 28.7 Å². The standard InChI is InChI=1S/C18H18N4O2/c1-18(2,24)13-5-3-11(4-6-13)15-14-8-20-17-16(22(14)10-21-15)12(9-23)7-19-17/h3-8,10,19,23-24H,9H2,1-2H3. The second kappa shape index (κ2) is 5.15. The summed E-state index contributed by atoms with van der Waals surface area (Å²) in [5.41, 5.74) is 4.95. The molecule has 24 heavy (non-hydrogen) atoms. The third-order valence-electron chi connectivity index (χ3n) is 4.31. The van der Waals surface area contributed by atoms with Gasteiger partial charge < -0.3 is 15.2 Å². The Labute approximate surface area is 138 Å². The molecule has 4 rings (SSSR count). The molecule has 3 heterocycles. The summed E-state index contributed by atoms with van der Waals surface area (Å²) in [6.07, 6.45) is 5.27. The second-order valence-corrected chi connectivity index (χ2v) is 6.41. The second-order valence-electron chi connectivity index (χ2n) is 6.41. The van der Waals surface area contributed by atoms with Gasteiger partial charge in [0.15, 0.2) is 5.65 Å². The monoisotopic (exact) mass is 322 g/mol. The molecule has 0 aliphatic heterocycles. The third kappa shape index (κ3) is 2.19. The summed E-state index contributed by atoms with van der Waals surface area (Å²) in [6, 6.07) is 7.71. The van der Waals surface area contributed by atoms with Gasteiger partial charge in [-0.1, -0.05) is 24.3 Å². The number of nitrogens with one attached hydrogen (secondary N) is 1. The van der Waals surface area contributed by atoms with E-state index in [4.69, 9.17) is 0 Å². The highest BCUT2D eigenvalue weighted by atomic mass is 16.3. The van der Waals surface area contributed by atoms with Crippen molar-refractivity contribution in [2.24, 2.45) is 0 Å². The van der Waals surface area contributed by atoms with Gasteiger partial charge in [-0.3, -0.25) is 4.40 Å². The molecule has 0 radical (unpaired) electrons. The lowest BCUT2D eigenvalue weighted by Crippen LogP contribution is -2.14. The fourth-order valence-corrected chi connectivity index (χ4v) is 2.98. The quantitative estimate of drug-likeness (QED) is 0.541. The van der Waals surface area contributed by atoms with Crippen molar-refractivity contribution >= 4 is 16.7 Å². The molecular weight excluding hydrogens is 304 g/mol. The maximum atomic E-state index is 10.1. The Hall–Kier alpha value is -2.70. The minimum Gasteiger partial charge on any atom is -0.392 e. The molecule has 6 nitrogen and oxygen atoms in total. The Morgan fingerprint density at radius 2 is 1.92 bits per heavy atom. The fourth-order valence-electron chi connectivity index (χ4n) is 2.98. The molecule has 0 aliphatic rings. The van der Waals surface area contributed by atoms with Crippen molar-refractivity contribution in [2.75, 3.05) is 0 Å². The first kappa shape index (κ1) is 14.9. The fraction of sp³-hybridized carbons (Fsp3) is 0.222. The van der Waals surface area contributed by atoms with Crippen molar-refractivity contribution in [2.45, 2.75) is 26.1 Å². The number of rotatable bonds is 3. The number of aliphatic hydroxyl groups excluding tert-OH is 1. The van der Waals surface area contributed by atoms with Gasteiger partial charge in [-0.25, -0.2) is 9.97 Å². The number of imidazole rings is 1. The van der Waals surface area contributed by atoms with E-state index in [0.29, 0.717) is 5.65 Å². The Morgan fingerprint density at radius 3 is 2.58 bits per heavy atom. The van der Waals surface area contributed by atoms with Crippen LogP contribution in [0, 0.1) is 0 Å². The van der Waals surface area contributed by atoms with Crippen molar-refractivity contribution < 1.29 is 10.2 Å². The summed E-state index contributed by atoms with van der Waals surface area (Å²) in [5, 5.41) is 19.6. The number of fused-ring (bicyclic) bond motifs is 3. The van der Waals surface area contributed by atoms with Crippen molar-refractivity contribution in [3.8, 4) is 11.3 Å². The van der Waals surface area contributed by atoms with E-state index in [1.54, 1.807) is 32.6 Å². The van der Waals surface area contributed by atoms with E-state index in [2.05, 4.69) is 15.0 Å². The van der Waals surface area contributed by atoms with Gasteiger partial charge in [0.1, 0.15) is 6.33 Å². The number of aliphatic hydroxyl groups is 2. The van der Waals surface area contributed by atoms with E-state index >= 15 is 0 Å². The van der Waals surface area contributed by atoms with Gasteiger partial charge >= 0.3 is 0 Å². The Kier molecular flexibility index (Phi) is 3.19. The molecule has 0 fully saturated rings. The summed E-state index contributed by atoms with van der Waals surface area (Å²) in [5.74, 6) is 0. The number of hydrogen-bond donors (Lipinski definition) is 3. The molecule has 0 atom stereocenters. The summed E-state index contributed by atoms with van der Waals surface area (Å²) in [6.45, 7) is 3.46. The lowest BCUT2D eigenvalue weighted by molar-refractivity contribution is 0.0786. The molecule has 122 valence electrons. The highest BCUT2D eigenvalue weighted by Gasteiger charge is 2.17. The molecule has 3 aromatic heterocycles. The smallest absolute Gasteiger partial charge is 0.154 e. The molecule has 0 saturated heterocycles. The maximum absolute atomic E-state index is 10.1. The third-order valence-corrected chi connectivity index (χ3v) is 4.31. The first-order chi connectivity index (χ1) is 11.5. The van der Waals surface area contributed by atoms with Crippen molar-refractivity contribution in [1.82, 2.24) is 19.4 Å². The van der Waals surface area contributed by atoms with E-state index in [-0.39, 0.29) is 6.61 Å². The molecular formula is C18H18N4O2.